The molecule has 0 bridgehead atoms. The summed E-state index contributed by atoms with van der Waals surface area (Å²) in [6.45, 7) is 8.32. The van der Waals surface area contributed by atoms with Gasteiger partial charge in [-0.2, -0.15) is 5.10 Å². The number of hydrogen-bond acceptors (Lipinski definition) is 3. The molecule has 0 unspecified atom stereocenters. The van der Waals surface area contributed by atoms with Gasteiger partial charge in [-0.1, -0.05) is 26.0 Å². The number of benzene rings is 1. The molecule has 0 fully saturated rings. The first kappa shape index (κ1) is 15.1. The van der Waals surface area contributed by atoms with Crippen molar-refractivity contribution in [2.45, 2.75) is 39.7 Å². The number of nitrogens with zero attached hydrogens (tertiary/aromatic N) is 1. The normalized spacial score (nSPS) is 11.0. The molecular formula is C16H22N4O. The Morgan fingerprint density at radius 2 is 1.81 bits per heavy atom. The molecule has 0 radical (unpaired) electrons. The number of aromatic amines is 1. The lowest BCUT2D eigenvalue weighted by molar-refractivity contribution is 0.102. The fourth-order valence-electron chi connectivity index (χ4n) is 1.96. The topological polar surface area (TPSA) is 69.8 Å². The van der Waals surface area contributed by atoms with Gasteiger partial charge in [0.05, 0.1) is 0 Å². The summed E-state index contributed by atoms with van der Waals surface area (Å²) >= 11 is 0. The van der Waals surface area contributed by atoms with Gasteiger partial charge in [-0.25, -0.2) is 0 Å². The number of hydrogen-bond donors (Lipinski definition) is 3. The number of carbonyl (C=O) groups is 1. The summed E-state index contributed by atoms with van der Waals surface area (Å²) in [5.74, 6) is 0.953. The molecular weight excluding hydrogens is 264 g/mol. The van der Waals surface area contributed by atoms with Gasteiger partial charge in [0.25, 0.3) is 5.91 Å². The molecule has 5 nitrogen and oxygen atoms in total. The van der Waals surface area contributed by atoms with E-state index in [1.165, 1.54) is 5.56 Å². The van der Waals surface area contributed by atoms with Crippen LogP contribution in [0, 0.1) is 0 Å². The molecule has 3 N–H and O–H groups in total. The van der Waals surface area contributed by atoms with Crippen LogP contribution in [0.15, 0.2) is 30.3 Å². The minimum atomic E-state index is -0.198. The van der Waals surface area contributed by atoms with Crippen LogP contribution in [0.1, 0.15) is 49.7 Å². The van der Waals surface area contributed by atoms with E-state index in [2.05, 4.69) is 34.7 Å². The molecule has 2 aromatic rings. The molecule has 0 saturated carbocycles. The highest BCUT2D eigenvalue weighted by Crippen LogP contribution is 2.17. The molecule has 1 aromatic heterocycles. The van der Waals surface area contributed by atoms with Gasteiger partial charge < -0.3 is 10.6 Å². The van der Waals surface area contributed by atoms with Crippen LogP contribution in [0.25, 0.3) is 0 Å². The van der Waals surface area contributed by atoms with E-state index in [4.69, 9.17) is 0 Å². The Balaban J connectivity index is 2.02. The minimum Gasteiger partial charge on any atom is -0.366 e. The first-order chi connectivity index (χ1) is 9.95. The maximum atomic E-state index is 12.1. The second-order valence-electron chi connectivity index (χ2n) is 5.70. The van der Waals surface area contributed by atoms with Gasteiger partial charge >= 0.3 is 0 Å². The lowest BCUT2D eigenvalue weighted by Gasteiger charge is -2.07. The van der Waals surface area contributed by atoms with Crippen LogP contribution in [-0.4, -0.2) is 22.1 Å². The van der Waals surface area contributed by atoms with Gasteiger partial charge in [-0.05, 0) is 37.5 Å². The molecule has 21 heavy (non-hydrogen) atoms. The van der Waals surface area contributed by atoms with Crippen LogP contribution in [0.4, 0.5) is 11.5 Å². The summed E-state index contributed by atoms with van der Waals surface area (Å²) < 4.78 is 0. The van der Waals surface area contributed by atoms with Crippen LogP contribution < -0.4 is 10.6 Å². The standard InChI is InChI=1S/C16H22N4O/c1-10(2)12-5-7-13(8-6-12)18-16(21)14-9-15(20-19-14)17-11(3)4/h5-11H,1-4H3,(H,18,21)(H2,17,19,20). The molecule has 0 aliphatic heterocycles. The summed E-state index contributed by atoms with van der Waals surface area (Å²) in [4.78, 5) is 12.1. The summed E-state index contributed by atoms with van der Waals surface area (Å²) in [6.07, 6.45) is 0. The van der Waals surface area contributed by atoms with Crippen molar-refractivity contribution in [3.05, 3.63) is 41.6 Å². The summed E-state index contributed by atoms with van der Waals surface area (Å²) in [5.41, 5.74) is 2.46. The molecule has 0 saturated heterocycles. The van der Waals surface area contributed by atoms with Crippen molar-refractivity contribution in [2.24, 2.45) is 0 Å². The number of H-pyrrole nitrogens is 1. The van der Waals surface area contributed by atoms with Crippen molar-refractivity contribution in [3.8, 4) is 0 Å². The van der Waals surface area contributed by atoms with Crippen molar-refractivity contribution in [1.29, 1.82) is 0 Å². The van der Waals surface area contributed by atoms with Gasteiger partial charge in [0.15, 0.2) is 0 Å². The molecule has 2 rings (SSSR count). The van der Waals surface area contributed by atoms with Crippen LogP contribution in [-0.2, 0) is 0 Å². The molecule has 0 spiro atoms. The van der Waals surface area contributed by atoms with Crippen LogP contribution in [0.3, 0.4) is 0 Å². The highest BCUT2D eigenvalue weighted by atomic mass is 16.1. The van der Waals surface area contributed by atoms with Crippen LogP contribution >= 0.6 is 0 Å². The maximum absolute atomic E-state index is 12.1. The van der Waals surface area contributed by atoms with E-state index in [1.54, 1.807) is 6.07 Å². The third-order valence-electron chi connectivity index (χ3n) is 3.09. The quantitative estimate of drug-likeness (QED) is 0.786. The number of rotatable bonds is 5. The van der Waals surface area contributed by atoms with Crippen LogP contribution in [0.2, 0.25) is 0 Å². The fraction of sp³-hybridized carbons (Fsp3) is 0.375. The minimum absolute atomic E-state index is 0.198. The number of anilines is 2. The Morgan fingerprint density at radius 1 is 1.14 bits per heavy atom. The van der Waals surface area contributed by atoms with E-state index >= 15 is 0 Å². The SMILES string of the molecule is CC(C)Nc1cc(C(=O)Nc2ccc(C(C)C)cc2)[nH]n1. The second-order valence-corrected chi connectivity index (χ2v) is 5.70. The van der Waals surface area contributed by atoms with Gasteiger partial charge in [-0.3, -0.25) is 9.89 Å². The zero-order valence-corrected chi connectivity index (χ0v) is 12.9. The molecule has 5 heteroatoms. The number of carbonyl (C=O) groups excluding carboxylic acids is 1. The molecule has 112 valence electrons. The smallest absolute Gasteiger partial charge is 0.273 e. The number of amides is 1. The van der Waals surface area contributed by atoms with Gasteiger partial charge in [0, 0.05) is 17.8 Å². The Hall–Kier alpha value is -2.30. The van der Waals surface area contributed by atoms with E-state index in [0.29, 0.717) is 17.4 Å². The highest BCUT2D eigenvalue weighted by molar-refractivity contribution is 6.03. The Morgan fingerprint density at radius 3 is 2.38 bits per heavy atom. The van der Waals surface area contributed by atoms with Gasteiger partial charge in [-0.15, -0.1) is 0 Å². The summed E-state index contributed by atoms with van der Waals surface area (Å²) in [5, 5.41) is 12.8. The van der Waals surface area contributed by atoms with Crippen molar-refractivity contribution in [2.75, 3.05) is 10.6 Å². The fourth-order valence-corrected chi connectivity index (χ4v) is 1.96. The molecule has 0 aliphatic rings. The monoisotopic (exact) mass is 286 g/mol. The molecule has 1 aromatic carbocycles. The first-order valence-corrected chi connectivity index (χ1v) is 7.19. The lowest BCUT2D eigenvalue weighted by Crippen LogP contribution is -2.12. The largest absolute Gasteiger partial charge is 0.366 e. The highest BCUT2D eigenvalue weighted by Gasteiger charge is 2.10. The number of aromatic nitrogens is 2. The third-order valence-corrected chi connectivity index (χ3v) is 3.09. The second kappa shape index (κ2) is 6.43. The van der Waals surface area contributed by atoms with E-state index in [1.807, 2.05) is 38.1 Å². The van der Waals surface area contributed by atoms with Gasteiger partial charge in [0.2, 0.25) is 0 Å². The lowest BCUT2D eigenvalue weighted by atomic mass is 10.0. The van der Waals surface area contributed by atoms with Crippen molar-refractivity contribution in [1.82, 2.24) is 10.2 Å². The average Bonchev–Trinajstić information content (AvgIpc) is 2.87. The average molecular weight is 286 g/mol. The van der Waals surface area contributed by atoms with E-state index < -0.39 is 0 Å². The first-order valence-electron chi connectivity index (χ1n) is 7.19. The molecule has 0 aliphatic carbocycles. The zero-order valence-electron chi connectivity index (χ0n) is 12.9. The Labute approximate surface area is 125 Å². The third kappa shape index (κ3) is 4.08. The zero-order chi connectivity index (χ0) is 15.4. The van der Waals surface area contributed by atoms with Crippen molar-refractivity contribution in [3.63, 3.8) is 0 Å². The van der Waals surface area contributed by atoms with Crippen LogP contribution in [0.5, 0.6) is 0 Å². The summed E-state index contributed by atoms with van der Waals surface area (Å²) in [6, 6.07) is 9.86. The molecule has 1 amide bonds. The van der Waals surface area contributed by atoms with E-state index in [9.17, 15) is 4.79 Å². The van der Waals surface area contributed by atoms with E-state index in [-0.39, 0.29) is 11.9 Å². The Bertz CT molecular complexity index is 599. The maximum Gasteiger partial charge on any atom is 0.273 e. The predicted octanol–water partition coefficient (Wildman–Crippen LogP) is 3.61. The molecule has 1 heterocycles. The van der Waals surface area contributed by atoms with Gasteiger partial charge in [0.1, 0.15) is 11.5 Å². The summed E-state index contributed by atoms with van der Waals surface area (Å²) in [7, 11) is 0. The molecule has 0 atom stereocenters. The van der Waals surface area contributed by atoms with Crippen molar-refractivity contribution >= 4 is 17.4 Å². The van der Waals surface area contributed by atoms with E-state index in [0.717, 1.165) is 5.69 Å². The Kier molecular flexibility index (Phi) is 4.62. The number of nitrogens with one attached hydrogen (secondary N) is 3. The van der Waals surface area contributed by atoms with Crippen molar-refractivity contribution < 1.29 is 4.79 Å². The predicted molar refractivity (Wildman–Crippen MR) is 85.8 cm³/mol.